The number of hydrogen-bond donors (Lipinski definition) is 1. The van der Waals surface area contributed by atoms with Gasteiger partial charge in [0.2, 0.25) is 15.9 Å². The van der Waals surface area contributed by atoms with E-state index in [2.05, 4.69) is 5.32 Å². The number of carbonyl (C=O) groups excluding carboxylic acids is 2. The first-order chi connectivity index (χ1) is 13.7. The van der Waals surface area contributed by atoms with E-state index in [1.807, 2.05) is 19.9 Å². The van der Waals surface area contributed by atoms with Gasteiger partial charge < -0.3 is 5.32 Å². The second kappa shape index (κ2) is 8.95. The molecule has 2 aromatic rings. The normalized spacial score (nSPS) is 14.9. The minimum atomic E-state index is -3.69. The maximum absolute atomic E-state index is 12.8. The molecule has 0 saturated carbocycles. The van der Waals surface area contributed by atoms with Crippen molar-refractivity contribution in [2.45, 2.75) is 44.4 Å². The molecule has 1 aliphatic heterocycles. The van der Waals surface area contributed by atoms with Crippen molar-refractivity contribution in [3.63, 3.8) is 0 Å². The van der Waals surface area contributed by atoms with Crippen LogP contribution in [-0.2, 0) is 14.8 Å². The standard InChI is InChI=1S/C20H23ClN2O4S2/c1-13-11-16(14(2)28-13)18(24)7-8-20(25)22-15-5-6-17(21)19(12-15)29(26,27)23-9-3-4-10-23/h5-6,11-12H,3-4,7-10H2,1-2H3,(H,22,25). The van der Waals surface area contributed by atoms with Crippen LogP contribution in [0.2, 0.25) is 5.02 Å². The summed E-state index contributed by atoms with van der Waals surface area (Å²) < 4.78 is 27.0. The second-order valence-corrected chi connectivity index (χ2v) is 10.8. The Labute approximate surface area is 179 Å². The summed E-state index contributed by atoms with van der Waals surface area (Å²) in [6.07, 6.45) is 1.76. The summed E-state index contributed by atoms with van der Waals surface area (Å²) >= 11 is 7.68. The number of sulfonamides is 1. The summed E-state index contributed by atoms with van der Waals surface area (Å²) in [5.41, 5.74) is 0.998. The molecule has 0 unspecified atom stereocenters. The van der Waals surface area contributed by atoms with Crippen LogP contribution in [0.5, 0.6) is 0 Å². The number of rotatable bonds is 7. The van der Waals surface area contributed by atoms with E-state index >= 15 is 0 Å². The molecule has 29 heavy (non-hydrogen) atoms. The topological polar surface area (TPSA) is 83.5 Å². The van der Waals surface area contributed by atoms with E-state index in [4.69, 9.17) is 11.6 Å². The SMILES string of the molecule is Cc1cc(C(=O)CCC(=O)Nc2ccc(Cl)c(S(=O)(=O)N3CCCC3)c2)c(C)s1. The summed E-state index contributed by atoms with van der Waals surface area (Å²) in [6, 6.07) is 6.23. The molecule has 0 radical (unpaired) electrons. The highest BCUT2D eigenvalue weighted by atomic mass is 35.5. The Morgan fingerprint density at radius 3 is 2.45 bits per heavy atom. The quantitative estimate of drug-likeness (QED) is 0.628. The van der Waals surface area contributed by atoms with Gasteiger partial charge in [0.05, 0.1) is 5.02 Å². The Bertz CT molecular complexity index is 1040. The predicted molar refractivity (Wildman–Crippen MR) is 115 cm³/mol. The molecule has 9 heteroatoms. The molecular weight excluding hydrogens is 432 g/mol. The average Bonchev–Trinajstić information content (AvgIpc) is 3.31. The molecule has 0 atom stereocenters. The monoisotopic (exact) mass is 454 g/mol. The van der Waals surface area contributed by atoms with Crippen molar-refractivity contribution in [2.75, 3.05) is 18.4 Å². The fourth-order valence-corrected chi connectivity index (χ4v) is 6.30. The first kappa shape index (κ1) is 22.0. The van der Waals surface area contributed by atoms with Gasteiger partial charge in [0.1, 0.15) is 4.90 Å². The van der Waals surface area contributed by atoms with E-state index in [0.717, 1.165) is 22.6 Å². The van der Waals surface area contributed by atoms with Crippen molar-refractivity contribution >= 4 is 50.3 Å². The van der Waals surface area contributed by atoms with Crippen LogP contribution in [0, 0.1) is 13.8 Å². The average molecular weight is 455 g/mol. The number of carbonyl (C=O) groups is 2. The van der Waals surface area contributed by atoms with Crippen molar-refractivity contribution in [1.29, 1.82) is 0 Å². The number of halogens is 1. The third-order valence-corrected chi connectivity index (χ3v) is 8.16. The van der Waals surface area contributed by atoms with E-state index in [-0.39, 0.29) is 34.5 Å². The lowest BCUT2D eigenvalue weighted by Gasteiger charge is -2.17. The molecule has 1 N–H and O–H groups in total. The molecule has 2 heterocycles. The Morgan fingerprint density at radius 1 is 1.14 bits per heavy atom. The van der Waals surface area contributed by atoms with Crippen molar-refractivity contribution in [3.8, 4) is 0 Å². The van der Waals surface area contributed by atoms with E-state index in [1.165, 1.54) is 16.4 Å². The number of anilines is 1. The maximum Gasteiger partial charge on any atom is 0.244 e. The summed E-state index contributed by atoms with van der Waals surface area (Å²) in [4.78, 5) is 26.6. The molecule has 1 fully saturated rings. The smallest absolute Gasteiger partial charge is 0.244 e. The number of aryl methyl sites for hydroxylation is 2. The van der Waals surface area contributed by atoms with Crippen molar-refractivity contribution < 1.29 is 18.0 Å². The zero-order chi connectivity index (χ0) is 21.2. The van der Waals surface area contributed by atoms with Gasteiger partial charge in [-0.05, 0) is 51.0 Å². The first-order valence-electron chi connectivity index (χ1n) is 9.38. The van der Waals surface area contributed by atoms with E-state index in [9.17, 15) is 18.0 Å². The Morgan fingerprint density at radius 2 is 1.83 bits per heavy atom. The molecule has 1 aromatic carbocycles. The Balaban J connectivity index is 1.66. The minimum absolute atomic E-state index is 0.0145. The van der Waals surface area contributed by atoms with Gasteiger partial charge in [-0.3, -0.25) is 9.59 Å². The number of benzene rings is 1. The summed E-state index contributed by atoms with van der Waals surface area (Å²) in [6.45, 7) is 4.77. The fourth-order valence-electron chi connectivity index (χ4n) is 3.34. The summed E-state index contributed by atoms with van der Waals surface area (Å²) in [5.74, 6) is -0.426. The van der Waals surface area contributed by atoms with Crippen LogP contribution in [0.1, 0.15) is 45.8 Å². The molecule has 1 saturated heterocycles. The van der Waals surface area contributed by atoms with Gasteiger partial charge in [-0.25, -0.2) is 8.42 Å². The largest absolute Gasteiger partial charge is 0.326 e. The lowest BCUT2D eigenvalue weighted by Crippen LogP contribution is -2.28. The molecule has 0 aliphatic carbocycles. The highest BCUT2D eigenvalue weighted by Crippen LogP contribution is 2.30. The van der Waals surface area contributed by atoms with Gasteiger partial charge >= 0.3 is 0 Å². The third-order valence-electron chi connectivity index (χ3n) is 4.82. The second-order valence-electron chi connectivity index (χ2n) is 7.05. The molecule has 3 rings (SSSR count). The van der Waals surface area contributed by atoms with Crippen LogP contribution in [0.3, 0.4) is 0 Å². The zero-order valence-corrected chi connectivity index (χ0v) is 18.7. The summed E-state index contributed by atoms with van der Waals surface area (Å²) in [7, 11) is -3.69. The predicted octanol–water partition coefficient (Wildman–Crippen LogP) is 4.40. The maximum atomic E-state index is 12.8. The van der Waals surface area contributed by atoms with Gasteiger partial charge in [-0.1, -0.05) is 11.6 Å². The van der Waals surface area contributed by atoms with Gasteiger partial charge in [0, 0.05) is 46.9 Å². The van der Waals surface area contributed by atoms with Crippen LogP contribution in [0.4, 0.5) is 5.69 Å². The van der Waals surface area contributed by atoms with Crippen molar-refractivity contribution in [3.05, 3.63) is 44.6 Å². The highest BCUT2D eigenvalue weighted by molar-refractivity contribution is 7.89. The lowest BCUT2D eigenvalue weighted by molar-refractivity contribution is -0.116. The fraction of sp³-hybridized carbons (Fsp3) is 0.400. The molecule has 0 spiro atoms. The van der Waals surface area contributed by atoms with E-state index in [1.54, 1.807) is 17.4 Å². The van der Waals surface area contributed by atoms with Crippen LogP contribution in [0.25, 0.3) is 0 Å². The lowest BCUT2D eigenvalue weighted by atomic mass is 10.1. The highest BCUT2D eigenvalue weighted by Gasteiger charge is 2.29. The summed E-state index contributed by atoms with van der Waals surface area (Å²) in [5, 5.41) is 2.79. The number of Topliss-reactive ketones (excluding diaryl/α,β-unsaturated/α-hetero) is 1. The van der Waals surface area contributed by atoms with Crippen molar-refractivity contribution in [2.24, 2.45) is 0 Å². The minimum Gasteiger partial charge on any atom is -0.326 e. The molecule has 1 aromatic heterocycles. The number of nitrogens with one attached hydrogen (secondary N) is 1. The van der Waals surface area contributed by atoms with Crippen LogP contribution < -0.4 is 5.32 Å². The molecule has 156 valence electrons. The van der Waals surface area contributed by atoms with Crippen LogP contribution in [-0.4, -0.2) is 37.5 Å². The Hall–Kier alpha value is -1.74. The van der Waals surface area contributed by atoms with Gasteiger partial charge in [-0.15, -0.1) is 11.3 Å². The number of ketones is 1. The van der Waals surface area contributed by atoms with Crippen LogP contribution in [0.15, 0.2) is 29.2 Å². The van der Waals surface area contributed by atoms with Gasteiger partial charge in [0.25, 0.3) is 0 Å². The Kier molecular flexibility index (Phi) is 6.78. The van der Waals surface area contributed by atoms with Gasteiger partial charge in [0.15, 0.2) is 5.78 Å². The molecule has 0 bridgehead atoms. The number of nitrogens with zero attached hydrogens (tertiary/aromatic N) is 1. The molecular formula is C20H23ClN2O4S2. The van der Waals surface area contributed by atoms with E-state index in [0.29, 0.717) is 24.3 Å². The number of hydrogen-bond acceptors (Lipinski definition) is 5. The van der Waals surface area contributed by atoms with Crippen molar-refractivity contribution in [1.82, 2.24) is 4.31 Å². The van der Waals surface area contributed by atoms with Crippen LogP contribution >= 0.6 is 22.9 Å². The number of thiophene rings is 1. The molecule has 1 amide bonds. The van der Waals surface area contributed by atoms with Gasteiger partial charge in [-0.2, -0.15) is 4.31 Å². The first-order valence-corrected chi connectivity index (χ1v) is 12.0. The molecule has 1 aliphatic rings. The van der Waals surface area contributed by atoms with E-state index < -0.39 is 10.0 Å². The zero-order valence-electron chi connectivity index (χ0n) is 16.3. The number of amides is 1. The third kappa shape index (κ3) is 5.06. The molecule has 6 nitrogen and oxygen atoms in total.